The highest BCUT2D eigenvalue weighted by molar-refractivity contribution is 5.76. The van der Waals surface area contributed by atoms with Crippen LogP contribution in [0.1, 0.15) is 290 Å². The maximum Gasteiger partial charge on any atom is 0.220 e. The zero-order valence-electron chi connectivity index (χ0n) is 43.5. The molecule has 0 bridgehead atoms. The zero-order valence-corrected chi connectivity index (χ0v) is 43.5. The highest BCUT2D eigenvalue weighted by Gasteiger charge is 2.44. The van der Waals surface area contributed by atoms with Crippen LogP contribution in [0.25, 0.3) is 0 Å². The second kappa shape index (κ2) is 47.6. The Labute approximate surface area is 407 Å². The van der Waals surface area contributed by atoms with Crippen LogP contribution >= 0.6 is 0 Å². The van der Waals surface area contributed by atoms with E-state index in [-0.39, 0.29) is 12.5 Å². The summed E-state index contributed by atoms with van der Waals surface area (Å²) in [6.07, 6.45) is 51.0. The summed E-state index contributed by atoms with van der Waals surface area (Å²) in [5, 5.41) is 54.6. The second-order valence-corrected chi connectivity index (χ2v) is 20.4. The molecule has 0 radical (unpaired) electrons. The molecule has 1 fully saturated rings. The van der Waals surface area contributed by atoms with Gasteiger partial charge in [-0.3, -0.25) is 4.79 Å². The van der Waals surface area contributed by atoms with Gasteiger partial charge in [0.05, 0.1) is 25.4 Å². The van der Waals surface area contributed by atoms with Gasteiger partial charge in [0.15, 0.2) is 6.29 Å². The quantitative estimate of drug-likeness (QED) is 0.0261. The van der Waals surface area contributed by atoms with Gasteiger partial charge in [-0.25, -0.2) is 0 Å². The van der Waals surface area contributed by atoms with Crippen LogP contribution in [0.4, 0.5) is 0 Å². The third-order valence-corrected chi connectivity index (χ3v) is 14.1. The summed E-state index contributed by atoms with van der Waals surface area (Å²) in [6, 6.07) is -0.716. The Morgan fingerprint density at radius 2 is 0.848 bits per heavy atom. The number of aliphatic hydroxyl groups is 5. The van der Waals surface area contributed by atoms with Crippen molar-refractivity contribution >= 4 is 5.91 Å². The minimum absolute atomic E-state index is 0.134. The molecule has 9 heteroatoms. The van der Waals surface area contributed by atoms with Crippen molar-refractivity contribution in [3.63, 3.8) is 0 Å². The molecule has 1 rings (SSSR count). The Balaban J connectivity index is 2.17. The van der Waals surface area contributed by atoms with E-state index in [2.05, 4.69) is 31.3 Å². The molecule has 0 aromatic rings. The molecule has 7 atom stereocenters. The SMILES string of the molecule is CCCCCCCCCCCCCC/C=C\CCCCCCCCCCCCCC(=O)NC(COC1OC(CO)C(O)C(O)C1O)C(O)CCCCCCCCCCCCCCCCCC. The van der Waals surface area contributed by atoms with Crippen molar-refractivity contribution in [1.29, 1.82) is 0 Å². The standard InChI is InChI=1S/C57H111NO8/c1-3-5-7-9-11-13-15-17-19-21-22-23-24-25-26-27-28-29-30-31-33-35-37-39-41-43-45-47-53(61)58-50(49-65-57-56(64)55(63)54(62)52(48-59)66-57)51(60)46-44-42-40-38-36-34-32-20-18-16-14-12-10-8-6-4-2/h25-26,50-52,54-57,59-60,62-64H,3-24,27-49H2,1-2H3,(H,58,61)/b26-25-. The van der Waals surface area contributed by atoms with Gasteiger partial charge in [-0.1, -0.05) is 257 Å². The molecule has 9 nitrogen and oxygen atoms in total. The number of hydrogen-bond donors (Lipinski definition) is 6. The number of ether oxygens (including phenoxy) is 2. The summed E-state index contributed by atoms with van der Waals surface area (Å²) >= 11 is 0. The van der Waals surface area contributed by atoms with Gasteiger partial charge in [0.25, 0.3) is 0 Å². The van der Waals surface area contributed by atoms with Crippen LogP contribution in [0, 0.1) is 0 Å². The predicted molar refractivity (Wildman–Crippen MR) is 277 cm³/mol. The van der Waals surface area contributed by atoms with Crippen LogP contribution in [-0.2, 0) is 14.3 Å². The van der Waals surface area contributed by atoms with E-state index < -0.39 is 49.5 Å². The van der Waals surface area contributed by atoms with E-state index in [4.69, 9.17) is 9.47 Å². The first-order valence-electron chi connectivity index (χ1n) is 28.9. The lowest BCUT2D eigenvalue weighted by atomic mass is 9.99. The van der Waals surface area contributed by atoms with Gasteiger partial charge in [0.1, 0.15) is 24.4 Å². The van der Waals surface area contributed by atoms with Gasteiger partial charge in [-0.2, -0.15) is 0 Å². The first-order valence-corrected chi connectivity index (χ1v) is 28.9. The minimum atomic E-state index is -1.55. The van der Waals surface area contributed by atoms with Gasteiger partial charge < -0.3 is 40.3 Å². The number of carbonyl (C=O) groups excluding carboxylic acids is 1. The molecular formula is C57H111NO8. The van der Waals surface area contributed by atoms with Crippen molar-refractivity contribution in [3.8, 4) is 0 Å². The van der Waals surface area contributed by atoms with Crippen molar-refractivity contribution in [2.75, 3.05) is 13.2 Å². The van der Waals surface area contributed by atoms with Crippen LogP contribution in [-0.4, -0.2) is 87.5 Å². The molecule has 0 aliphatic carbocycles. The van der Waals surface area contributed by atoms with Crippen LogP contribution in [0.3, 0.4) is 0 Å². The summed E-state index contributed by atoms with van der Waals surface area (Å²) in [4.78, 5) is 13.1. The van der Waals surface area contributed by atoms with Crippen LogP contribution in [0.5, 0.6) is 0 Å². The Morgan fingerprint density at radius 1 is 0.500 bits per heavy atom. The van der Waals surface area contributed by atoms with E-state index in [1.165, 1.54) is 225 Å². The zero-order chi connectivity index (χ0) is 48.0. The van der Waals surface area contributed by atoms with Gasteiger partial charge in [-0.15, -0.1) is 0 Å². The van der Waals surface area contributed by atoms with Gasteiger partial charge in [0.2, 0.25) is 5.91 Å². The fourth-order valence-electron chi connectivity index (χ4n) is 9.51. The average molecular weight is 939 g/mol. The molecular weight excluding hydrogens is 827 g/mol. The van der Waals surface area contributed by atoms with E-state index in [9.17, 15) is 30.3 Å². The highest BCUT2D eigenvalue weighted by atomic mass is 16.7. The van der Waals surface area contributed by atoms with Crippen LogP contribution < -0.4 is 5.32 Å². The van der Waals surface area contributed by atoms with Crippen molar-refractivity contribution < 1.29 is 39.8 Å². The van der Waals surface area contributed by atoms with E-state index >= 15 is 0 Å². The molecule has 0 saturated carbocycles. The van der Waals surface area contributed by atoms with Gasteiger partial charge in [0, 0.05) is 6.42 Å². The second-order valence-electron chi connectivity index (χ2n) is 20.4. The molecule has 1 saturated heterocycles. The minimum Gasteiger partial charge on any atom is -0.394 e. The van der Waals surface area contributed by atoms with Crippen molar-refractivity contribution in [2.24, 2.45) is 0 Å². The van der Waals surface area contributed by atoms with Gasteiger partial charge >= 0.3 is 0 Å². The fraction of sp³-hybridized carbons (Fsp3) is 0.947. The number of hydrogen-bond acceptors (Lipinski definition) is 8. The van der Waals surface area contributed by atoms with Crippen molar-refractivity contribution in [3.05, 3.63) is 12.2 Å². The summed E-state index contributed by atoms with van der Waals surface area (Å²) < 4.78 is 11.3. The predicted octanol–water partition coefficient (Wildman–Crippen LogP) is 14.0. The smallest absolute Gasteiger partial charge is 0.220 e. The summed E-state index contributed by atoms with van der Waals surface area (Å²) in [5.41, 5.74) is 0. The third kappa shape index (κ3) is 36.9. The molecule has 1 aliphatic rings. The van der Waals surface area contributed by atoms with E-state index in [1.54, 1.807) is 0 Å². The van der Waals surface area contributed by atoms with E-state index in [0.29, 0.717) is 12.8 Å². The first-order chi connectivity index (χ1) is 32.3. The Bertz CT molecular complexity index is 1040. The maximum atomic E-state index is 13.1. The lowest BCUT2D eigenvalue weighted by Gasteiger charge is -2.40. The molecule has 0 aromatic carbocycles. The third-order valence-electron chi connectivity index (χ3n) is 14.1. The fourth-order valence-corrected chi connectivity index (χ4v) is 9.51. The first kappa shape index (κ1) is 62.9. The number of amides is 1. The number of unbranched alkanes of at least 4 members (excludes halogenated alkanes) is 38. The lowest BCUT2D eigenvalue weighted by molar-refractivity contribution is -0.302. The lowest BCUT2D eigenvalue weighted by Crippen LogP contribution is -2.60. The van der Waals surface area contributed by atoms with Gasteiger partial charge in [-0.05, 0) is 38.5 Å². The van der Waals surface area contributed by atoms with Crippen molar-refractivity contribution in [1.82, 2.24) is 5.32 Å². The summed E-state index contributed by atoms with van der Waals surface area (Å²) in [5.74, 6) is -0.140. The Morgan fingerprint density at radius 3 is 1.23 bits per heavy atom. The van der Waals surface area contributed by atoms with Crippen molar-refractivity contribution in [2.45, 2.75) is 333 Å². The normalized spacial score (nSPS) is 19.8. The number of carbonyl (C=O) groups is 1. The molecule has 1 aliphatic heterocycles. The molecule has 6 N–H and O–H groups in total. The van der Waals surface area contributed by atoms with Crippen LogP contribution in [0.2, 0.25) is 0 Å². The Kier molecular flexibility index (Phi) is 45.4. The number of allylic oxidation sites excluding steroid dienone is 2. The summed E-state index contributed by atoms with van der Waals surface area (Å²) in [7, 11) is 0. The average Bonchev–Trinajstić information content (AvgIpc) is 3.32. The topological polar surface area (TPSA) is 149 Å². The monoisotopic (exact) mass is 938 g/mol. The molecule has 1 heterocycles. The maximum absolute atomic E-state index is 13.1. The molecule has 0 spiro atoms. The number of nitrogens with one attached hydrogen (secondary N) is 1. The number of aliphatic hydroxyl groups excluding tert-OH is 5. The summed E-state index contributed by atoms with van der Waals surface area (Å²) in [6.45, 7) is 3.87. The molecule has 0 aromatic heterocycles. The van der Waals surface area contributed by atoms with E-state index in [1.807, 2.05) is 0 Å². The van der Waals surface area contributed by atoms with E-state index in [0.717, 1.165) is 38.5 Å². The Hall–Kier alpha value is -1.07. The largest absolute Gasteiger partial charge is 0.394 e. The highest BCUT2D eigenvalue weighted by Crippen LogP contribution is 2.23. The molecule has 392 valence electrons. The molecule has 66 heavy (non-hydrogen) atoms. The molecule has 1 amide bonds. The van der Waals surface area contributed by atoms with Crippen LogP contribution in [0.15, 0.2) is 12.2 Å². The molecule has 7 unspecified atom stereocenters. The number of rotatable bonds is 50.